The molecule has 1 amide bonds. The van der Waals surface area contributed by atoms with E-state index in [4.69, 9.17) is 5.11 Å². The maximum absolute atomic E-state index is 13.7. The summed E-state index contributed by atoms with van der Waals surface area (Å²) < 4.78 is 26.9. The predicted molar refractivity (Wildman–Crippen MR) is 72.5 cm³/mol. The molecule has 0 bridgehead atoms. The van der Waals surface area contributed by atoms with Gasteiger partial charge < -0.3 is 10.4 Å². The monoisotopic (exact) mass is 297 g/mol. The molecule has 2 N–H and O–H groups in total. The van der Waals surface area contributed by atoms with E-state index in [-0.39, 0.29) is 17.0 Å². The summed E-state index contributed by atoms with van der Waals surface area (Å²) in [7, 11) is 0. The average molecular weight is 297 g/mol. The van der Waals surface area contributed by atoms with Gasteiger partial charge in [-0.2, -0.15) is 0 Å². The number of alkyl halides is 1. The number of amides is 1. The summed E-state index contributed by atoms with van der Waals surface area (Å²) >= 11 is 0. The number of carboxylic acids is 1. The summed E-state index contributed by atoms with van der Waals surface area (Å²) in [6, 6.07) is 3.14. The van der Waals surface area contributed by atoms with Crippen molar-refractivity contribution in [1.82, 2.24) is 5.32 Å². The molecular weight excluding hydrogens is 280 g/mol. The van der Waals surface area contributed by atoms with Crippen molar-refractivity contribution >= 4 is 11.9 Å². The molecule has 2 atom stereocenters. The van der Waals surface area contributed by atoms with E-state index in [1.165, 1.54) is 6.07 Å². The van der Waals surface area contributed by atoms with Gasteiger partial charge in [-0.15, -0.1) is 0 Å². The van der Waals surface area contributed by atoms with Crippen molar-refractivity contribution in [3.8, 4) is 0 Å². The van der Waals surface area contributed by atoms with Crippen LogP contribution in [0.4, 0.5) is 8.78 Å². The van der Waals surface area contributed by atoms with E-state index in [2.05, 4.69) is 5.32 Å². The summed E-state index contributed by atoms with van der Waals surface area (Å²) in [4.78, 5) is 22.6. The van der Waals surface area contributed by atoms with E-state index >= 15 is 0 Å². The van der Waals surface area contributed by atoms with E-state index in [1.54, 1.807) is 0 Å². The largest absolute Gasteiger partial charge is 0.478 e. The van der Waals surface area contributed by atoms with E-state index in [0.717, 1.165) is 25.0 Å². The third-order valence-electron chi connectivity index (χ3n) is 3.73. The van der Waals surface area contributed by atoms with Crippen LogP contribution in [0.5, 0.6) is 0 Å². The molecule has 1 saturated carbocycles. The first-order valence-corrected chi connectivity index (χ1v) is 6.92. The molecule has 114 valence electrons. The Kier molecular flexibility index (Phi) is 4.88. The number of benzene rings is 1. The molecule has 0 saturated heterocycles. The SMILES string of the molecule is O=C(O)c1ccc(C(=O)NCC2CCCC(F)C2)c(F)c1. The molecule has 0 aliphatic heterocycles. The van der Waals surface area contributed by atoms with Crippen molar-refractivity contribution in [2.24, 2.45) is 5.92 Å². The number of carbonyl (C=O) groups excluding carboxylic acids is 1. The first kappa shape index (κ1) is 15.4. The van der Waals surface area contributed by atoms with Crippen molar-refractivity contribution < 1.29 is 23.5 Å². The van der Waals surface area contributed by atoms with Crippen molar-refractivity contribution in [3.63, 3.8) is 0 Å². The second-order valence-electron chi connectivity index (χ2n) is 5.34. The van der Waals surface area contributed by atoms with Crippen LogP contribution in [0.15, 0.2) is 18.2 Å². The summed E-state index contributed by atoms with van der Waals surface area (Å²) in [6.45, 7) is 0.305. The molecule has 6 heteroatoms. The lowest BCUT2D eigenvalue weighted by Gasteiger charge is -2.24. The zero-order valence-corrected chi connectivity index (χ0v) is 11.4. The van der Waals surface area contributed by atoms with Crippen molar-refractivity contribution in [2.75, 3.05) is 6.54 Å². The summed E-state index contributed by atoms with van der Waals surface area (Å²) in [5.41, 5.74) is -0.413. The highest BCUT2D eigenvalue weighted by Gasteiger charge is 2.22. The van der Waals surface area contributed by atoms with Gasteiger partial charge in [0.1, 0.15) is 12.0 Å². The second-order valence-corrected chi connectivity index (χ2v) is 5.34. The molecule has 0 radical (unpaired) electrons. The highest BCUT2D eigenvalue weighted by Crippen LogP contribution is 2.25. The van der Waals surface area contributed by atoms with Gasteiger partial charge in [0.2, 0.25) is 0 Å². The lowest BCUT2D eigenvalue weighted by molar-refractivity contribution is 0.0695. The Morgan fingerprint density at radius 2 is 2.10 bits per heavy atom. The Balaban J connectivity index is 1.95. The first-order valence-electron chi connectivity index (χ1n) is 6.92. The lowest BCUT2D eigenvalue weighted by atomic mass is 9.88. The van der Waals surface area contributed by atoms with Gasteiger partial charge >= 0.3 is 5.97 Å². The van der Waals surface area contributed by atoms with Crippen LogP contribution < -0.4 is 5.32 Å². The minimum absolute atomic E-state index is 0.0686. The van der Waals surface area contributed by atoms with E-state index in [0.29, 0.717) is 19.4 Å². The minimum atomic E-state index is -1.25. The average Bonchev–Trinajstić information content (AvgIpc) is 2.44. The van der Waals surface area contributed by atoms with Crippen LogP contribution in [-0.2, 0) is 0 Å². The van der Waals surface area contributed by atoms with Gasteiger partial charge in [0, 0.05) is 6.54 Å². The lowest BCUT2D eigenvalue weighted by Crippen LogP contribution is -2.32. The Morgan fingerprint density at radius 1 is 1.33 bits per heavy atom. The Morgan fingerprint density at radius 3 is 2.71 bits per heavy atom. The number of carboxylic acid groups (broad SMARTS) is 1. The molecule has 21 heavy (non-hydrogen) atoms. The summed E-state index contributed by atoms with van der Waals surface area (Å²) in [6.07, 6.45) is 1.80. The molecule has 2 unspecified atom stereocenters. The van der Waals surface area contributed by atoms with Crippen molar-refractivity contribution in [1.29, 1.82) is 0 Å². The number of hydrogen-bond donors (Lipinski definition) is 2. The molecule has 2 rings (SSSR count). The molecule has 1 aromatic carbocycles. The van der Waals surface area contributed by atoms with Crippen LogP contribution in [0.2, 0.25) is 0 Å². The topological polar surface area (TPSA) is 66.4 Å². The third kappa shape index (κ3) is 4.00. The number of rotatable bonds is 4. The highest BCUT2D eigenvalue weighted by atomic mass is 19.1. The second kappa shape index (κ2) is 6.65. The van der Waals surface area contributed by atoms with Crippen molar-refractivity contribution in [3.05, 3.63) is 35.1 Å². The van der Waals surface area contributed by atoms with Crippen LogP contribution in [-0.4, -0.2) is 29.7 Å². The highest BCUT2D eigenvalue weighted by molar-refractivity contribution is 5.96. The number of nitrogens with one attached hydrogen (secondary N) is 1. The molecule has 0 aromatic heterocycles. The quantitative estimate of drug-likeness (QED) is 0.898. The molecule has 1 aliphatic rings. The molecule has 0 spiro atoms. The molecule has 1 aromatic rings. The number of carbonyl (C=O) groups is 2. The van der Waals surface area contributed by atoms with Gasteiger partial charge in [0.15, 0.2) is 0 Å². The Labute approximate surface area is 121 Å². The van der Waals surface area contributed by atoms with Gasteiger partial charge in [-0.05, 0) is 43.4 Å². The Hall–Kier alpha value is -1.98. The van der Waals surface area contributed by atoms with Crippen LogP contribution in [0.3, 0.4) is 0 Å². The van der Waals surface area contributed by atoms with E-state index in [1.807, 2.05) is 0 Å². The van der Waals surface area contributed by atoms with Gasteiger partial charge in [-0.3, -0.25) is 4.79 Å². The predicted octanol–water partition coefficient (Wildman–Crippen LogP) is 2.78. The van der Waals surface area contributed by atoms with E-state index in [9.17, 15) is 18.4 Å². The van der Waals surface area contributed by atoms with Gasteiger partial charge in [-0.1, -0.05) is 6.42 Å². The fourth-order valence-electron chi connectivity index (χ4n) is 2.58. The van der Waals surface area contributed by atoms with Crippen LogP contribution >= 0.6 is 0 Å². The smallest absolute Gasteiger partial charge is 0.335 e. The number of hydrogen-bond acceptors (Lipinski definition) is 2. The zero-order chi connectivity index (χ0) is 15.4. The maximum Gasteiger partial charge on any atom is 0.335 e. The Bertz CT molecular complexity index is 548. The molecular formula is C15H17F2NO3. The van der Waals surface area contributed by atoms with Gasteiger partial charge in [0.05, 0.1) is 11.1 Å². The minimum Gasteiger partial charge on any atom is -0.478 e. The van der Waals surface area contributed by atoms with Gasteiger partial charge in [-0.25, -0.2) is 13.6 Å². The normalized spacial score (nSPS) is 21.8. The maximum atomic E-state index is 13.7. The molecule has 0 heterocycles. The van der Waals surface area contributed by atoms with E-state index < -0.39 is 23.9 Å². The fraction of sp³-hybridized carbons (Fsp3) is 0.467. The zero-order valence-electron chi connectivity index (χ0n) is 11.4. The molecule has 1 aliphatic carbocycles. The van der Waals surface area contributed by atoms with Crippen LogP contribution in [0.25, 0.3) is 0 Å². The molecule has 4 nitrogen and oxygen atoms in total. The van der Waals surface area contributed by atoms with Crippen molar-refractivity contribution in [2.45, 2.75) is 31.9 Å². The first-order chi connectivity index (χ1) is 9.97. The molecule has 1 fully saturated rings. The number of aromatic carboxylic acids is 1. The summed E-state index contributed by atoms with van der Waals surface area (Å²) in [5.74, 6) is -2.67. The fourth-order valence-corrected chi connectivity index (χ4v) is 2.58. The van der Waals surface area contributed by atoms with Crippen LogP contribution in [0, 0.1) is 11.7 Å². The third-order valence-corrected chi connectivity index (χ3v) is 3.73. The standard InChI is InChI=1S/C15H17F2NO3/c16-11-3-1-2-9(6-11)8-18-14(19)12-5-4-10(15(20)21)7-13(12)17/h4-5,7,9,11H,1-3,6,8H2,(H,18,19)(H,20,21). The summed E-state index contributed by atoms with van der Waals surface area (Å²) in [5, 5.41) is 11.3. The van der Waals surface area contributed by atoms with Crippen LogP contribution in [0.1, 0.15) is 46.4 Å². The van der Waals surface area contributed by atoms with Gasteiger partial charge in [0.25, 0.3) is 5.91 Å². The number of halogens is 2.